The van der Waals surface area contributed by atoms with Gasteiger partial charge in [0.15, 0.2) is 0 Å². The van der Waals surface area contributed by atoms with Crippen LogP contribution in [0.25, 0.3) is 17.5 Å². The van der Waals surface area contributed by atoms with Crippen LogP contribution in [-0.2, 0) is 6.42 Å². The van der Waals surface area contributed by atoms with E-state index in [-0.39, 0.29) is 23.0 Å². The molecule has 0 unspecified atom stereocenters. The zero-order valence-electron chi connectivity index (χ0n) is 19.5. The predicted molar refractivity (Wildman–Crippen MR) is 131 cm³/mol. The molecule has 6 rings (SSSR count). The smallest absolute Gasteiger partial charge is 0.147 e. The first-order chi connectivity index (χ1) is 16.9. The van der Waals surface area contributed by atoms with Gasteiger partial charge in [-0.3, -0.25) is 0 Å². The fourth-order valence-electron chi connectivity index (χ4n) is 6.01. The molecule has 0 aliphatic heterocycles. The van der Waals surface area contributed by atoms with Gasteiger partial charge in [0.25, 0.3) is 0 Å². The van der Waals surface area contributed by atoms with Gasteiger partial charge in [0.1, 0.15) is 11.6 Å². The Kier molecular flexibility index (Phi) is 5.22. The largest absolute Gasteiger partial charge is 0.388 e. The van der Waals surface area contributed by atoms with Crippen LogP contribution in [0.3, 0.4) is 0 Å². The van der Waals surface area contributed by atoms with Gasteiger partial charge < -0.3 is 9.67 Å². The molecule has 0 saturated heterocycles. The van der Waals surface area contributed by atoms with E-state index >= 15 is 0 Å². The minimum atomic E-state index is -0.715. The fraction of sp³-hybridized carbons (Fsp3) is 0.276. The SMILES string of the molecule is C[C@]12Cc3cnn(-c4ccc(F)cc4)c3C=C1CCC[C@@H]2[C@@H](O)c1ccc(F)c(-n2cccc2)c1. The third-order valence-corrected chi connectivity index (χ3v) is 7.91. The van der Waals surface area contributed by atoms with E-state index in [1.165, 1.54) is 23.8 Å². The molecule has 178 valence electrons. The molecule has 2 aromatic carbocycles. The maximum Gasteiger partial charge on any atom is 0.147 e. The first-order valence-electron chi connectivity index (χ1n) is 12.1. The Morgan fingerprint density at radius 2 is 1.86 bits per heavy atom. The summed E-state index contributed by atoms with van der Waals surface area (Å²) in [5.41, 5.74) is 5.21. The number of aromatic nitrogens is 3. The van der Waals surface area contributed by atoms with Gasteiger partial charge >= 0.3 is 0 Å². The second kappa shape index (κ2) is 8.31. The zero-order valence-corrected chi connectivity index (χ0v) is 19.5. The van der Waals surface area contributed by atoms with Crippen LogP contribution >= 0.6 is 0 Å². The van der Waals surface area contributed by atoms with Crippen LogP contribution in [-0.4, -0.2) is 19.5 Å². The summed E-state index contributed by atoms with van der Waals surface area (Å²) in [7, 11) is 0. The second-order valence-corrected chi connectivity index (χ2v) is 9.95. The van der Waals surface area contributed by atoms with E-state index in [1.807, 2.05) is 23.0 Å². The van der Waals surface area contributed by atoms with Gasteiger partial charge in [-0.05, 0) is 103 Å². The van der Waals surface area contributed by atoms with E-state index in [2.05, 4.69) is 18.1 Å². The lowest BCUT2D eigenvalue weighted by molar-refractivity contribution is 0.0216. The lowest BCUT2D eigenvalue weighted by Crippen LogP contribution is -2.40. The number of aliphatic hydroxyl groups excluding tert-OH is 1. The van der Waals surface area contributed by atoms with Gasteiger partial charge in [0.05, 0.1) is 29.4 Å². The number of benzene rings is 2. The van der Waals surface area contributed by atoms with Crippen molar-refractivity contribution in [2.24, 2.45) is 11.3 Å². The number of hydrogen-bond donors (Lipinski definition) is 1. The Morgan fingerprint density at radius 1 is 1.09 bits per heavy atom. The van der Waals surface area contributed by atoms with Crippen molar-refractivity contribution >= 4 is 6.08 Å². The monoisotopic (exact) mass is 471 g/mol. The molecular weight excluding hydrogens is 444 g/mol. The quantitative estimate of drug-likeness (QED) is 0.373. The molecule has 1 fully saturated rings. The van der Waals surface area contributed by atoms with Gasteiger partial charge in [-0.15, -0.1) is 0 Å². The normalized spacial score (nSPS) is 22.3. The third-order valence-electron chi connectivity index (χ3n) is 7.91. The molecule has 2 aliphatic rings. The number of hydrogen-bond acceptors (Lipinski definition) is 2. The second-order valence-electron chi connectivity index (χ2n) is 9.95. The van der Waals surface area contributed by atoms with E-state index in [9.17, 15) is 13.9 Å². The maximum atomic E-state index is 14.6. The van der Waals surface area contributed by atoms with Crippen LogP contribution in [0.2, 0.25) is 0 Å². The fourth-order valence-corrected chi connectivity index (χ4v) is 6.01. The van der Waals surface area contributed by atoms with Gasteiger partial charge in [0, 0.05) is 12.4 Å². The summed E-state index contributed by atoms with van der Waals surface area (Å²) in [6.45, 7) is 2.24. The highest BCUT2D eigenvalue weighted by Crippen LogP contribution is 2.54. The minimum Gasteiger partial charge on any atom is -0.388 e. The Hall–Kier alpha value is -3.51. The number of halogens is 2. The Bertz CT molecular complexity index is 1400. The van der Waals surface area contributed by atoms with Crippen molar-refractivity contribution in [2.75, 3.05) is 0 Å². The van der Waals surface area contributed by atoms with Crippen LogP contribution in [0.1, 0.15) is 49.1 Å². The highest BCUT2D eigenvalue weighted by molar-refractivity contribution is 5.61. The number of aliphatic hydroxyl groups is 1. The standard InChI is InChI=1S/C29H27F2N3O/c1-29-17-20-18-32-34(23-10-8-22(30)9-11-23)26(20)16-21(29)5-4-6-24(29)28(35)19-7-12-25(31)27(15-19)33-13-2-3-14-33/h2-3,7-16,18,24,28,35H,4-6,17H2,1H3/t24-,28+,29+/m1/s1. The molecule has 0 bridgehead atoms. The van der Waals surface area contributed by atoms with E-state index in [0.717, 1.165) is 48.2 Å². The van der Waals surface area contributed by atoms with E-state index < -0.39 is 6.10 Å². The van der Waals surface area contributed by atoms with Crippen LogP contribution in [0.15, 0.2) is 78.8 Å². The average molecular weight is 472 g/mol. The van der Waals surface area contributed by atoms with Gasteiger partial charge in [-0.1, -0.05) is 18.6 Å². The van der Waals surface area contributed by atoms with E-state index in [1.54, 1.807) is 41.2 Å². The third kappa shape index (κ3) is 3.64. The molecule has 4 aromatic rings. The summed E-state index contributed by atoms with van der Waals surface area (Å²) in [4.78, 5) is 0. The van der Waals surface area contributed by atoms with Crippen LogP contribution in [0, 0.1) is 23.0 Å². The Balaban J connectivity index is 1.35. The molecule has 2 aromatic heterocycles. The maximum absolute atomic E-state index is 14.6. The van der Waals surface area contributed by atoms with Gasteiger partial charge in [-0.2, -0.15) is 5.10 Å². The highest BCUT2D eigenvalue weighted by Gasteiger charge is 2.46. The molecular formula is C29H27F2N3O. The first-order valence-corrected chi connectivity index (χ1v) is 12.1. The lowest BCUT2D eigenvalue weighted by atomic mass is 9.57. The molecule has 3 atom stereocenters. The molecule has 0 spiro atoms. The average Bonchev–Trinajstić information content (AvgIpc) is 3.52. The van der Waals surface area contributed by atoms with Crippen molar-refractivity contribution in [3.8, 4) is 11.4 Å². The van der Waals surface area contributed by atoms with Crippen LogP contribution < -0.4 is 0 Å². The molecule has 0 amide bonds. The topological polar surface area (TPSA) is 43.0 Å². The Morgan fingerprint density at radius 3 is 2.63 bits per heavy atom. The molecule has 2 aliphatic carbocycles. The predicted octanol–water partition coefficient (Wildman–Crippen LogP) is 6.42. The summed E-state index contributed by atoms with van der Waals surface area (Å²) in [6, 6.07) is 15.0. The molecule has 35 heavy (non-hydrogen) atoms. The van der Waals surface area contributed by atoms with Crippen molar-refractivity contribution < 1.29 is 13.9 Å². The molecule has 2 heterocycles. The minimum absolute atomic E-state index is 0.00667. The number of fused-ring (bicyclic) bond motifs is 2. The van der Waals surface area contributed by atoms with Crippen molar-refractivity contribution in [2.45, 2.75) is 38.7 Å². The van der Waals surface area contributed by atoms with Crippen LogP contribution in [0.5, 0.6) is 0 Å². The summed E-state index contributed by atoms with van der Waals surface area (Å²) < 4.78 is 31.6. The zero-order chi connectivity index (χ0) is 24.2. The summed E-state index contributed by atoms with van der Waals surface area (Å²) in [5.74, 6) is -0.596. The Labute approximate surface area is 203 Å². The van der Waals surface area contributed by atoms with Crippen molar-refractivity contribution in [3.63, 3.8) is 0 Å². The number of rotatable bonds is 4. The highest BCUT2D eigenvalue weighted by atomic mass is 19.1. The summed E-state index contributed by atoms with van der Waals surface area (Å²) >= 11 is 0. The first kappa shape index (κ1) is 22.0. The van der Waals surface area contributed by atoms with Crippen molar-refractivity contribution in [1.82, 2.24) is 14.3 Å². The number of nitrogens with zero attached hydrogens (tertiary/aromatic N) is 3. The molecule has 6 heteroatoms. The summed E-state index contributed by atoms with van der Waals surface area (Å²) in [5, 5.41) is 16.2. The molecule has 1 N–H and O–H groups in total. The van der Waals surface area contributed by atoms with E-state index in [4.69, 9.17) is 0 Å². The lowest BCUT2D eigenvalue weighted by Gasteiger charge is -2.47. The van der Waals surface area contributed by atoms with Crippen molar-refractivity contribution in [3.05, 3.63) is 107 Å². The van der Waals surface area contributed by atoms with Gasteiger partial charge in [0.2, 0.25) is 0 Å². The van der Waals surface area contributed by atoms with Crippen molar-refractivity contribution in [1.29, 1.82) is 0 Å². The molecule has 1 saturated carbocycles. The molecule has 0 radical (unpaired) electrons. The van der Waals surface area contributed by atoms with Crippen LogP contribution in [0.4, 0.5) is 8.78 Å². The summed E-state index contributed by atoms with van der Waals surface area (Å²) in [6.07, 6.45) is 10.6. The van der Waals surface area contributed by atoms with E-state index in [0.29, 0.717) is 5.69 Å². The van der Waals surface area contributed by atoms with Gasteiger partial charge in [-0.25, -0.2) is 13.5 Å². The molecule has 4 nitrogen and oxygen atoms in total. The number of allylic oxidation sites excluding steroid dienone is 1.